The number of carbonyl (C=O) groups excluding carboxylic acids is 1. The van der Waals surface area contributed by atoms with E-state index < -0.39 is 0 Å². The van der Waals surface area contributed by atoms with Crippen LogP contribution in [0.4, 0.5) is 0 Å². The van der Waals surface area contributed by atoms with E-state index in [-0.39, 0.29) is 11.8 Å². The molecule has 0 aromatic heterocycles. The van der Waals surface area contributed by atoms with Crippen molar-refractivity contribution >= 4 is 5.91 Å². The summed E-state index contributed by atoms with van der Waals surface area (Å²) in [5, 5.41) is 0. The Morgan fingerprint density at radius 2 is 1.83 bits per heavy atom. The minimum Gasteiger partial charge on any atom is -0.342 e. The lowest BCUT2D eigenvalue weighted by Crippen LogP contribution is -2.48. The lowest BCUT2D eigenvalue weighted by atomic mass is 10.00. The van der Waals surface area contributed by atoms with Crippen molar-refractivity contribution in [1.29, 1.82) is 0 Å². The van der Waals surface area contributed by atoms with Crippen molar-refractivity contribution in [1.82, 2.24) is 9.80 Å². The van der Waals surface area contributed by atoms with Gasteiger partial charge in [-0.15, -0.1) is 0 Å². The first kappa shape index (κ1) is 13.8. The van der Waals surface area contributed by atoms with E-state index in [0.29, 0.717) is 6.54 Å². The Balaban J connectivity index is 1.80. The van der Waals surface area contributed by atoms with Crippen molar-refractivity contribution in [2.75, 3.05) is 32.7 Å². The molecule has 4 nitrogen and oxygen atoms in total. The number of piperidine rings is 1. The minimum atomic E-state index is 0.0355. The van der Waals surface area contributed by atoms with Gasteiger partial charge < -0.3 is 15.5 Å². The molecule has 1 amide bonds. The number of likely N-dealkylation sites (tertiary alicyclic amines) is 2. The lowest BCUT2D eigenvalue weighted by Gasteiger charge is -2.37. The zero-order valence-corrected chi connectivity index (χ0v) is 11.6. The van der Waals surface area contributed by atoms with Crippen LogP contribution in [0.2, 0.25) is 0 Å². The third-order valence-electron chi connectivity index (χ3n) is 4.56. The monoisotopic (exact) mass is 253 g/mol. The molecule has 2 heterocycles. The van der Waals surface area contributed by atoms with Crippen molar-refractivity contribution in [2.45, 2.75) is 45.1 Å². The van der Waals surface area contributed by atoms with Crippen molar-refractivity contribution in [3.05, 3.63) is 0 Å². The second-order valence-electron chi connectivity index (χ2n) is 5.64. The molecule has 4 heteroatoms. The van der Waals surface area contributed by atoms with Gasteiger partial charge in [-0.25, -0.2) is 0 Å². The summed E-state index contributed by atoms with van der Waals surface area (Å²) in [5.74, 6) is 0.313. The summed E-state index contributed by atoms with van der Waals surface area (Å²) in [4.78, 5) is 16.9. The maximum Gasteiger partial charge on any atom is 0.226 e. The van der Waals surface area contributed by atoms with Crippen molar-refractivity contribution in [2.24, 2.45) is 11.7 Å². The SMILES string of the molecule is CCC(CN)C(=O)N1CCC(N2CCCC2)CC1. The number of rotatable bonds is 4. The number of carbonyl (C=O) groups is 1. The van der Waals surface area contributed by atoms with Gasteiger partial charge in [-0.05, 0) is 45.2 Å². The normalized spacial score (nSPS) is 24.4. The molecule has 0 aromatic rings. The molecule has 0 aliphatic carbocycles. The van der Waals surface area contributed by atoms with Crippen LogP contribution in [0, 0.1) is 5.92 Å². The van der Waals surface area contributed by atoms with Crippen LogP contribution in [-0.2, 0) is 4.79 Å². The van der Waals surface area contributed by atoms with Crippen LogP contribution in [-0.4, -0.2) is 54.5 Å². The predicted molar refractivity (Wildman–Crippen MR) is 73.2 cm³/mol. The third-order valence-corrected chi connectivity index (χ3v) is 4.56. The molecule has 2 aliphatic heterocycles. The van der Waals surface area contributed by atoms with Gasteiger partial charge in [-0.1, -0.05) is 6.92 Å². The van der Waals surface area contributed by atoms with E-state index >= 15 is 0 Å². The van der Waals surface area contributed by atoms with Crippen LogP contribution >= 0.6 is 0 Å². The van der Waals surface area contributed by atoms with E-state index in [2.05, 4.69) is 4.90 Å². The van der Waals surface area contributed by atoms with Gasteiger partial charge in [0.15, 0.2) is 0 Å². The molecule has 0 spiro atoms. The molecule has 2 N–H and O–H groups in total. The van der Waals surface area contributed by atoms with Crippen LogP contribution in [0.1, 0.15) is 39.0 Å². The molecule has 18 heavy (non-hydrogen) atoms. The highest BCUT2D eigenvalue weighted by Crippen LogP contribution is 2.22. The average Bonchev–Trinajstić information content (AvgIpc) is 2.94. The fraction of sp³-hybridized carbons (Fsp3) is 0.929. The average molecular weight is 253 g/mol. The fourth-order valence-electron chi connectivity index (χ4n) is 3.26. The molecule has 0 radical (unpaired) electrons. The number of nitrogens with zero attached hydrogens (tertiary/aromatic N) is 2. The van der Waals surface area contributed by atoms with Crippen LogP contribution in [0.25, 0.3) is 0 Å². The first-order valence-corrected chi connectivity index (χ1v) is 7.49. The smallest absolute Gasteiger partial charge is 0.226 e. The molecule has 1 unspecified atom stereocenters. The molecule has 0 saturated carbocycles. The van der Waals surface area contributed by atoms with Gasteiger partial charge in [0, 0.05) is 25.7 Å². The van der Waals surface area contributed by atoms with Crippen molar-refractivity contribution < 1.29 is 4.79 Å². The Labute approximate surface area is 110 Å². The van der Waals surface area contributed by atoms with Gasteiger partial charge in [0.1, 0.15) is 0 Å². The summed E-state index contributed by atoms with van der Waals surface area (Å²) >= 11 is 0. The Bertz CT molecular complexity index is 264. The number of hydrogen-bond acceptors (Lipinski definition) is 3. The molecule has 1 atom stereocenters. The van der Waals surface area contributed by atoms with Gasteiger partial charge in [0.25, 0.3) is 0 Å². The first-order chi connectivity index (χ1) is 8.76. The second kappa shape index (κ2) is 6.53. The van der Waals surface area contributed by atoms with E-state index in [9.17, 15) is 4.79 Å². The summed E-state index contributed by atoms with van der Waals surface area (Å²) in [5.41, 5.74) is 5.66. The Kier molecular flexibility index (Phi) is 5.01. The van der Waals surface area contributed by atoms with Gasteiger partial charge in [0.2, 0.25) is 5.91 Å². The van der Waals surface area contributed by atoms with Gasteiger partial charge in [-0.2, -0.15) is 0 Å². The standard InChI is InChI=1S/C14H27N3O/c1-2-12(11-15)14(18)17-9-5-13(6-10-17)16-7-3-4-8-16/h12-13H,2-11,15H2,1H3. The number of hydrogen-bond donors (Lipinski definition) is 1. The molecule has 0 bridgehead atoms. The second-order valence-corrected chi connectivity index (χ2v) is 5.64. The lowest BCUT2D eigenvalue weighted by molar-refractivity contribution is -0.136. The first-order valence-electron chi connectivity index (χ1n) is 7.49. The topological polar surface area (TPSA) is 49.6 Å². The number of amides is 1. The zero-order chi connectivity index (χ0) is 13.0. The van der Waals surface area contributed by atoms with Crippen LogP contribution in [0.15, 0.2) is 0 Å². The van der Waals surface area contributed by atoms with E-state index in [1.165, 1.54) is 25.9 Å². The van der Waals surface area contributed by atoms with E-state index in [0.717, 1.165) is 38.4 Å². The number of nitrogens with two attached hydrogens (primary N) is 1. The minimum absolute atomic E-state index is 0.0355. The van der Waals surface area contributed by atoms with Crippen LogP contribution in [0.3, 0.4) is 0 Å². The largest absolute Gasteiger partial charge is 0.342 e. The molecule has 2 rings (SSSR count). The highest BCUT2D eigenvalue weighted by Gasteiger charge is 2.30. The van der Waals surface area contributed by atoms with Gasteiger partial charge in [0.05, 0.1) is 5.92 Å². The predicted octanol–water partition coefficient (Wildman–Crippen LogP) is 1.06. The summed E-state index contributed by atoms with van der Waals surface area (Å²) in [6.07, 6.45) is 5.86. The van der Waals surface area contributed by atoms with E-state index in [1.807, 2.05) is 11.8 Å². The molecular weight excluding hydrogens is 226 g/mol. The van der Waals surface area contributed by atoms with Gasteiger partial charge >= 0.3 is 0 Å². The molecule has 2 aliphatic rings. The zero-order valence-electron chi connectivity index (χ0n) is 11.6. The highest BCUT2D eigenvalue weighted by molar-refractivity contribution is 5.79. The fourth-order valence-corrected chi connectivity index (χ4v) is 3.26. The van der Waals surface area contributed by atoms with E-state index in [4.69, 9.17) is 5.73 Å². The Morgan fingerprint density at radius 3 is 2.33 bits per heavy atom. The summed E-state index contributed by atoms with van der Waals surface area (Å²) in [6, 6.07) is 0.717. The maximum atomic E-state index is 12.2. The molecule has 104 valence electrons. The summed E-state index contributed by atoms with van der Waals surface area (Å²) in [6.45, 7) is 6.92. The summed E-state index contributed by atoms with van der Waals surface area (Å²) in [7, 11) is 0. The van der Waals surface area contributed by atoms with Crippen LogP contribution in [0.5, 0.6) is 0 Å². The van der Waals surface area contributed by atoms with Crippen molar-refractivity contribution in [3.63, 3.8) is 0 Å². The summed E-state index contributed by atoms with van der Waals surface area (Å²) < 4.78 is 0. The Morgan fingerprint density at radius 1 is 1.22 bits per heavy atom. The molecule has 0 aromatic carbocycles. The quantitative estimate of drug-likeness (QED) is 0.815. The molecule has 2 fully saturated rings. The highest BCUT2D eigenvalue weighted by atomic mass is 16.2. The van der Waals surface area contributed by atoms with E-state index in [1.54, 1.807) is 0 Å². The maximum absolute atomic E-state index is 12.2. The Hall–Kier alpha value is -0.610. The van der Waals surface area contributed by atoms with Crippen LogP contribution < -0.4 is 5.73 Å². The van der Waals surface area contributed by atoms with Gasteiger partial charge in [-0.3, -0.25) is 4.79 Å². The molecular formula is C14H27N3O. The third kappa shape index (κ3) is 3.04. The van der Waals surface area contributed by atoms with Crippen molar-refractivity contribution in [3.8, 4) is 0 Å². The molecule has 2 saturated heterocycles.